The van der Waals surface area contributed by atoms with Gasteiger partial charge in [-0.1, -0.05) is 62.4 Å². The number of carbonyl (C=O) groups excluding carboxylic acids is 1. The van der Waals surface area contributed by atoms with E-state index < -0.39 is 6.16 Å². The van der Waals surface area contributed by atoms with Gasteiger partial charge in [0.25, 0.3) is 0 Å². The number of hydrogen-bond acceptors (Lipinski definition) is 5. The highest BCUT2D eigenvalue weighted by Crippen LogP contribution is 2.28. The molecule has 5 heteroatoms. The zero-order valence-electron chi connectivity index (χ0n) is 21.8. The molecule has 0 saturated carbocycles. The highest BCUT2D eigenvalue weighted by molar-refractivity contribution is 5.67. The third-order valence-electron chi connectivity index (χ3n) is 6.93. The van der Waals surface area contributed by atoms with Crippen LogP contribution in [0.5, 0.6) is 23.0 Å². The van der Waals surface area contributed by atoms with Crippen LogP contribution in [0.4, 0.5) is 4.79 Å². The molecule has 2 unspecified atom stereocenters. The van der Waals surface area contributed by atoms with Gasteiger partial charge in [-0.3, -0.25) is 0 Å². The molecule has 2 N–H and O–H groups in total. The topological polar surface area (TPSA) is 76.0 Å². The molecule has 0 fully saturated rings. The average molecular weight is 511 g/mol. The molecule has 0 aromatic heterocycles. The largest absolute Gasteiger partial charge is 0.519 e. The molecule has 196 valence electrons. The Morgan fingerprint density at radius 2 is 0.921 bits per heavy atom. The van der Waals surface area contributed by atoms with Crippen LogP contribution in [0.15, 0.2) is 97.1 Å². The summed E-state index contributed by atoms with van der Waals surface area (Å²) in [5.74, 6) is 2.06. The van der Waals surface area contributed by atoms with E-state index >= 15 is 0 Å². The molecule has 0 amide bonds. The van der Waals surface area contributed by atoms with Crippen LogP contribution < -0.4 is 9.47 Å². The van der Waals surface area contributed by atoms with Crippen molar-refractivity contribution in [1.29, 1.82) is 0 Å². The van der Waals surface area contributed by atoms with Gasteiger partial charge in [-0.2, -0.15) is 0 Å². The Kier molecular flexibility index (Phi) is 9.04. The highest BCUT2D eigenvalue weighted by atomic mass is 16.7. The Morgan fingerprint density at radius 3 is 1.24 bits per heavy atom. The van der Waals surface area contributed by atoms with Crippen molar-refractivity contribution >= 4 is 6.16 Å². The Hall–Kier alpha value is -4.25. The first-order chi connectivity index (χ1) is 18.4. The molecule has 0 aliphatic rings. The lowest BCUT2D eigenvalue weighted by molar-refractivity contribution is 0.152. The highest BCUT2D eigenvalue weighted by Gasteiger charge is 2.14. The molecule has 0 heterocycles. The number of phenols is 2. The maximum atomic E-state index is 12.3. The fourth-order valence-corrected chi connectivity index (χ4v) is 4.66. The van der Waals surface area contributed by atoms with Gasteiger partial charge in [0.1, 0.15) is 23.0 Å². The number of carbonyl (C=O) groups is 1. The Morgan fingerprint density at radius 1 is 0.579 bits per heavy atom. The smallest absolute Gasteiger partial charge is 0.508 e. The van der Waals surface area contributed by atoms with Crippen LogP contribution in [0, 0.1) is 0 Å². The van der Waals surface area contributed by atoms with Gasteiger partial charge in [-0.25, -0.2) is 4.79 Å². The number of rotatable bonds is 10. The van der Waals surface area contributed by atoms with E-state index in [1.165, 1.54) is 11.1 Å². The third-order valence-corrected chi connectivity index (χ3v) is 6.93. The fraction of sp³-hybridized carbons (Fsp3) is 0.242. The summed E-state index contributed by atoms with van der Waals surface area (Å²) in [6.45, 7) is 4.30. The van der Waals surface area contributed by atoms with Crippen LogP contribution in [0.3, 0.4) is 0 Å². The van der Waals surface area contributed by atoms with E-state index in [0.29, 0.717) is 23.3 Å². The summed E-state index contributed by atoms with van der Waals surface area (Å²) in [6.07, 6.45) is 2.87. The molecule has 0 aliphatic heterocycles. The van der Waals surface area contributed by atoms with Crippen molar-refractivity contribution in [2.24, 2.45) is 0 Å². The molecule has 0 saturated heterocycles. The van der Waals surface area contributed by atoms with Gasteiger partial charge >= 0.3 is 6.16 Å². The first-order valence-electron chi connectivity index (χ1n) is 13.1. The van der Waals surface area contributed by atoms with Crippen LogP contribution in [-0.4, -0.2) is 16.4 Å². The molecular formula is C33H34O5. The molecule has 4 rings (SSSR count). The lowest BCUT2D eigenvalue weighted by atomic mass is 9.90. The van der Waals surface area contributed by atoms with E-state index in [4.69, 9.17) is 9.47 Å². The zero-order chi connectivity index (χ0) is 26.9. The summed E-state index contributed by atoms with van der Waals surface area (Å²) in [5.41, 5.74) is 4.65. The fourth-order valence-electron chi connectivity index (χ4n) is 4.66. The second-order valence-electron chi connectivity index (χ2n) is 9.54. The SMILES string of the molecule is CCC(Cc1ccc(OC(=O)Oc2ccc(CC(CC)c3ccc(O)cc3)cc2)cc1)c1ccc(O)cc1. The van der Waals surface area contributed by atoms with Gasteiger partial charge in [0.2, 0.25) is 0 Å². The number of aromatic hydroxyl groups is 2. The standard InChI is InChI=1S/C33H34O5/c1-3-25(27-9-13-29(34)14-10-27)21-23-5-17-31(18-6-23)37-33(36)38-32-19-7-24(8-20-32)22-26(4-2)28-11-15-30(35)16-12-28/h5-20,25-26,34-35H,3-4,21-22H2,1-2H3. The Bertz CT molecular complexity index is 1190. The molecule has 0 radical (unpaired) electrons. The van der Waals surface area contributed by atoms with Gasteiger partial charge in [-0.15, -0.1) is 0 Å². The number of hydrogen-bond donors (Lipinski definition) is 2. The van der Waals surface area contributed by atoms with E-state index in [0.717, 1.165) is 36.8 Å². The van der Waals surface area contributed by atoms with Crippen molar-refractivity contribution in [3.8, 4) is 23.0 Å². The molecule has 0 aliphatic carbocycles. The maximum absolute atomic E-state index is 12.3. The quantitative estimate of drug-likeness (QED) is 0.166. The summed E-state index contributed by atoms with van der Waals surface area (Å²) in [5, 5.41) is 19.1. The minimum Gasteiger partial charge on any atom is -0.508 e. The van der Waals surface area contributed by atoms with Crippen molar-refractivity contribution in [2.75, 3.05) is 0 Å². The van der Waals surface area contributed by atoms with E-state index in [2.05, 4.69) is 13.8 Å². The van der Waals surface area contributed by atoms with Crippen LogP contribution in [0.1, 0.15) is 60.8 Å². The van der Waals surface area contributed by atoms with E-state index in [-0.39, 0.29) is 11.5 Å². The summed E-state index contributed by atoms with van der Waals surface area (Å²) < 4.78 is 10.7. The molecule has 5 nitrogen and oxygen atoms in total. The monoisotopic (exact) mass is 510 g/mol. The van der Waals surface area contributed by atoms with Crippen LogP contribution >= 0.6 is 0 Å². The summed E-state index contributed by atoms with van der Waals surface area (Å²) in [6, 6.07) is 29.6. The second-order valence-corrected chi connectivity index (χ2v) is 9.54. The molecule has 4 aromatic rings. The normalized spacial score (nSPS) is 12.5. The van der Waals surface area contributed by atoms with Crippen molar-refractivity contribution in [1.82, 2.24) is 0 Å². The third kappa shape index (κ3) is 7.39. The summed E-state index contributed by atoms with van der Waals surface area (Å²) in [4.78, 5) is 12.3. The van der Waals surface area contributed by atoms with Gasteiger partial charge in [0.05, 0.1) is 0 Å². The van der Waals surface area contributed by atoms with Crippen LogP contribution in [0.2, 0.25) is 0 Å². The minimum atomic E-state index is -0.781. The van der Waals surface area contributed by atoms with Crippen LogP contribution in [-0.2, 0) is 12.8 Å². The number of phenolic OH excluding ortho intramolecular Hbond substituents is 2. The van der Waals surface area contributed by atoms with Gasteiger partial charge in [0.15, 0.2) is 0 Å². The van der Waals surface area contributed by atoms with Crippen molar-refractivity contribution in [3.05, 3.63) is 119 Å². The van der Waals surface area contributed by atoms with Crippen molar-refractivity contribution in [3.63, 3.8) is 0 Å². The Balaban J connectivity index is 1.29. The molecular weight excluding hydrogens is 476 g/mol. The van der Waals surface area contributed by atoms with E-state index in [1.807, 2.05) is 48.5 Å². The first kappa shape index (κ1) is 26.8. The first-order valence-corrected chi connectivity index (χ1v) is 13.1. The minimum absolute atomic E-state index is 0.267. The van der Waals surface area contributed by atoms with Gasteiger partial charge < -0.3 is 19.7 Å². The average Bonchev–Trinajstić information content (AvgIpc) is 2.93. The van der Waals surface area contributed by atoms with Gasteiger partial charge in [-0.05, 0) is 108 Å². The number of ether oxygens (including phenoxy) is 2. The molecule has 0 bridgehead atoms. The van der Waals surface area contributed by atoms with E-state index in [1.54, 1.807) is 48.5 Å². The molecule has 2 atom stereocenters. The summed E-state index contributed by atoms with van der Waals surface area (Å²) >= 11 is 0. The summed E-state index contributed by atoms with van der Waals surface area (Å²) in [7, 11) is 0. The predicted molar refractivity (Wildman–Crippen MR) is 149 cm³/mol. The lowest BCUT2D eigenvalue weighted by Crippen LogP contribution is -2.13. The number of benzene rings is 4. The van der Waals surface area contributed by atoms with Crippen molar-refractivity contribution < 1.29 is 24.5 Å². The van der Waals surface area contributed by atoms with Crippen molar-refractivity contribution in [2.45, 2.75) is 51.4 Å². The zero-order valence-corrected chi connectivity index (χ0v) is 21.8. The Labute approximate surface area is 224 Å². The predicted octanol–water partition coefficient (Wildman–Crippen LogP) is 8.15. The molecule has 38 heavy (non-hydrogen) atoms. The lowest BCUT2D eigenvalue weighted by Gasteiger charge is -2.16. The van der Waals surface area contributed by atoms with Gasteiger partial charge in [0, 0.05) is 0 Å². The van der Waals surface area contributed by atoms with Crippen LogP contribution in [0.25, 0.3) is 0 Å². The molecule has 4 aromatic carbocycles. The van der Waals surface area contributed by atoms with E-state index in [9.17, 15) is 15.0 Å². The second kappa shape index (κ2) is 12.8. The maximum Gasteiger partial charge on any atom is 0.519 e. The molecule has 0 spiro atoms.